The normalized spacial score (nSPS) is 20.3. The van der Waals surface area contributed by atoms with Crippen LogP contribution in [0.25, 0.3) is 10.8 Å². The minimum atomic E-state index is -4.38. The average Bonchev–Trinajstić information content (AvgIpc) is 3.43. The number of alkyl halides is 3. The fraction of sp³-hybridized carbons (Fsp3) is 0.250. The monoisotopic (exact) mass is 438 g/mol. The molecule has 1 amide bonds. The van der Waals surface area contributed by atoms with Crippen LogP contribution >= 0.6 is 0 Å². The van der Waals surface area contributed by atoms with Crippen molar-refractivity contribution < 1.29 is 18.0 Å². The third-order valence-corrected chi connectivity index (χ3v) is 6.13. The molecule has 1 fully saturated rings. The molecule has 5 rings (SSSR count). The minimum Gasteiger partial charge on any atom is -0.271 e. The lowest BCUT2D eigenvalue weighted by Crippen LogP contribution is -2.41. The molecule has 2 unspecified atom stereocenters. The van der Waals surface area contributed by atoms with Crippen LogP contribution < -0.4 is 16.3 Å². The molecule has 5 nitrogen and oxygen atoms in total. The summed E-state index contributed by atoms with van der Waals surface area (Å²) in [4.78, 5) is 12.5. The summed E-state index contributed by atoms with van der Waals surface area (Å²) >= 11 is 0. The number of carbonyl (C=O) groups excluding carboxylic acids is 1. The number of amides is 1. The van der Waals surface area contributed by atoms with Gasteiger partial charge >= 0.3 is 6.18 Å². The van der Waals surface area contributed by atoms with E-state index in [0.717, 1.165) is 30.5 Å². The van der Waals surface area contributed by atoms with Crippen LogP contribution in [0.15, 0.2) is 59.7 Å². The van der Waals surface area contributed by atoms with Gasteiger partial charge in [-0.25, -0.2) is 16.3 Å². The second-order valence-electron chi connectivity index (χ2n) is 8.14. The maximum Gasteiger partial charge on any atom is 0.416 e. The summed E-state index contributed by atoms with van der Waals surface area (Å²) in [7, 11) is 0. The third-order valence-electron chi connectivity index (χ3n) is 6.13. The number of hydrogen-bond acceptors (Lipinski definition) is 4. The molecular formula is C24H21F3N4O. The number of hydrazone groups is 1. The Morgan fingerprint density at radius 2 is 1.75 bits per heavy atom. The molecule has 164 valence electrons. The lowest BCUT2D eigenvalue weighted by molar-refractivity contribution is -0.137. The molecular weight excluding hydrogens is 417 g/mol. The fourth-order valence-electron chi connectivity index (χ4n) is 4.51. The molecule has 2 atom stereocenters. The summed E-state index contributed by atoms with van der Waals surface area (Å²) in [5.41, 5.74) is 12.3. The van der Waals surface area contributed by atoms with Gasteiger partial charge in [-0.3, -0.25) is 4.79 Å². The standard InChI is InChI=1S/C24H21F3N4O/c25-24(26,27)17-9-4-14(5-10-17)13-28-31-23(32)21-12-20(29-30-21)18-11-8-16-7-6-15-2-1-3-19(18)22(15)16/h1-5,8-11,13,20-21,29-30H,6-7,12H2,(H,31,32)/b28-13+. The van der Waals surface area contributed by atoms with Crippen molar-refractivity contribution in [2.75, 3.05) is 0 Å². The molecule has 3 aromatic carbocycles. The number of hydrogen-bond donors (Lipinski definition) is 3. The van der Waals surface area contributed by atoms with Gasteiger partial charge in [0, 0.05) is 6.04 Å². The molecule has 0 bridgehead atoms. The zero-order valence-corrected chi connectivity index (χ0v) is 17.0. The first-order valence-corrected chi connectivity index (χ1v) is 10.4. The highest BCUT2D eigenvalue weighted by Crippen LogP contribution is 2.36. The Kier molecular flexibility index (Phi) is 5.19. The van der Waals surface area contributed by atoms with Crippen LogP contribution in [-0.4, -0.2) is 18.2 Å². The number of nitrogens with one attached hydrogen (secondary N) is 3. The quantitative estimate of drug-likeness (QED) is 0.426. The van der Waals surface area contributed by atoms with Gasteiger partial charge in [-0.15, -0.1) is 0 Å². The van der Waals surface area contributed by atoms with Crippen LogP contribution in [0.5, 0.6) is 0 Å². The van der Waals surface area contributed by atoms with E-state index in [1.54, 1.807) is 0 Å². The molecule has 0 aromatic heterocycles. The van der Waals surface area contributed by atoms with E-state index in [0.29, 0.717) is 12.0 Å². The van der Waals surface area contributed by atoms with E-state index in [1.807, 2.05) is 0 Å². The first-order chi connectivity index (χ1) is 15.4. The van der Waals surface area contributed by atoms with Gasteiger partial charge in [0.25, 0.3) is 5.91 Å². The highest BCUT2D eigenvalue weighted by atomic mass is 19.4. The van der Waals surface area contributed by atoms with E-state index in [1.165, 1.54) is 40.2 Å². The Morgan fingerprint density at radius 1 is 1.00 bits per heavy atom. The van der Waals surface area contributed by atoms with E-state index in [4.69, 9.17) is 0 Å². The second-order valence-corrected chi connectivity index (χ2v) is 8.14. The van der Waals surface area contributed by atoms with Gasteiger partial charge in [-0.2, -0.15) is 18.3 Å². The van der Waals surface area contributed by atoms with Gasteiger partial charge in [0.05, 0.1) is 11.8 Å². The van der Waals surface area contributed by atoms with E-state index in [-0.39, 0.29) is 11.9 Å². The summed E-state index contributed by atoms with van der Waals surface area (Å²) in [6, 6.07) is 14.8. The van der Waals surface area contributed by atoms with Crippen molar-refractivity contribution in [1.29, 1.82) is 0 Å². The largest absolute Gasteiger partial charge is 0.416 e. The zero-order valence-electron chi connectivity index (χ0n) is 17.0. The van der Waals surface area contributed by atoms with E-state index in [9.17, 15) is 18.0 Å². The Morgan fingerprint density at radius 3 is 2.50 bits per heavy atom. The van der Waals surface area contributed by atoms with Crippen molar-refractivity contribution in [1.82, 2.24) is 16.3 Å². The number of rotatable bonds is 4. The topological polar surface area (TPSA) is 65.5 Å². The highest BCUT2D eigenvalue weighted by Gasteiger charge is 2.32. The van der Waals surface area contributed by atoms with Gasteiger partial charge in [0.15, 0.2) is 0 Å². The van der Waals surface area contributed by atoms with Crippen LogP contribution in [0.2, 0.25) is 0 Å². The smallest absolute Gasteiger partial charge is 0.271 e. The minimum absolute atomic E-state index is 0.0189. The van der Waals surface area contributed by atoms with Gasteiger partial charge in [-0.1, -0.05) is 42.5 Å². The number of aryl methyl sites for hydroxylation is 2. The Balaban J connectivity index is 1.23. The van der Waals surface area contributed by atoms with Gasteiger partial charge in [0.1, 0.15) is 6.04 Å². The number of nitrogens with zero attached hydrogens (tertiary/aromatic N) is 1. The molecule has 2 aliphatic rings. The second kappa shape index (κ2) is 8.03. The molecule has 0 spiro atoms. The van der Waals surface area contributed by atoms with Gasteiger partial charge in [0.2, 0.25) is 0 Å². The molecule has 1 aliphatic heterocycles. The summed E-state index contributed by atoms with van der Waals surface area (Å²) in [5, 5.41) is 6.44. The molecule has 32 heavy (non-hydrogen) atoms. The maximum atomic E-state index is 12.6. The van der Waals surface area contributed by atoms with Crippen molar-refractivity contribution in [3.8, 4) is 0 Å². The van der Waals surface area contributed by atoms with Crippen LogP contribution in [-0.2, 0) is 23.8 Å². The third kappa shape index (κ3) is 3.87. The van der Waals surface area contributed by atoms with Gasteiger partial charge in [-0.05, 0) is 64.4 Å². The predicted octanol–water partition coefficient (Wildman–Crippen LogP) is 4.02. The SMILES string of the molecule is O=C(N/N=C/c1ccc(C(F)(F)F)cc1)C1CC(c2ccc3c4c(cccc24)CC3)NN1. The molecule has 1 saturated heterocycles. The van der Waals surface area contributed by atoms with E-state index < -0.39 is 17.8 Å². The van der Waals surface area contributed by atoms with Crippen molar-refractivity contribution in [2.45, 2.75) is 37.5 Å². The number of carbonyl (C=O) groups is 1. The first kappa shape index (κ1) is 20.7. The number of hydrazine groups is 1. The lowest BCUT2D eigenvalue weighted by Gasteiger charge is -2.14. The average molecular weight is 438 g/mol. The maximum absolute atomic E-state index is 12.6. The molecule has 0 radical (unpaired) electrons. The van der Waals surface area contributed by atoms with Crippen LogP contribution in [0.1, 0.15) is 40.3 Å². The molecule has 1 heterocycles. The van der Waals surface area contributed by atoms with Crippen LogP contribution in [0.3, 0.4) is 0 Å². The van der Waals surface area contributed by atoms with Crippen LogP contribution in [0, 0.1) is 0 Å². The molecule has 8 heteroatoms. The predicted molar refractivity (Wildman–Crippen MR) is 116 cm³/mol. The molecule has 3 N–H and O–H groups in total. The fourth-order valence-corrected chi connectivity index (χ4v) is 4.51. The first-order valence-electron chi connectivity index (χ1n) is 10.4. The number of benzene rings is 3. The van der Waals surface area contributed by atoms with Crippen molar-refractivity contribution in [3.63, 3.8) is 0 Å². The van der Waals surface area contributed by atoms with Crippen LogP contribution in [0.4, 0.5) is 13.2 Å². The summed E-state index contributed by atoms with van der Waals surface area (Å²) < 4.78 is 37.9. The zero-order chi connectivity index (χ0) is 22.3. The molecule has 3 aromatic rings. The molecule has 1 aliphatic carbocycles. The van der Waals surface area contributed by atoms with Crippen molar-refractivity contribution in [3.05, 3.63) is 82.4 Å². The van der Waals surface area contributed by atoms with E-state index in [2.05, 4.69) is 51.7 Å². The Bertz CT molecular complexity index is 1190. The van der Waals surface area contributed by atoms with Gasteiger partial charge < -0.3 is 0 Å². The molecule has 0 saturated carbocycles. The summed E-state index contributed by atoms with van der Waals surface area (Å²) in [6.07, 6.45) is -0.378. The Hall–Kier alpha value is -3.23. The Labute approximate surface area is 182 Å². The lowest BCUT2D eigenvalue weighted by atomic mass is 9.93. The highest BCUT2D eigenvalue weighted by molar-refractivity contribution is 5.93. The van der Waals surface area contributed by atoms with Crippen molar-refractivity contribution >= 4 is 22.9 Å². The number of halogens is 3. The summed E-state index contributed by atoms with van der Waals surface area (Å²) in [6.45, 7) is 0. The van der Waals surface area contributed by atoms with E-state index >= 15 is 0 Å². The summed E-state index contributed by atoms with van der Waals surface area (Å²) in [5.74, 6) is -0.311. The van der Waals surface area contributed by atoms with Crippen molar-refractivity contribution in [2.24, 2.45) is 5.10 Å².